The highest BCUT2D eigenvalue weighted by Crippen LogP contribution is 2.09. The maximum Gasteiger partial charge on any atom is 0.0564 e. The Labute approximate surface area is 74.5 Å². The fraction of sp³-hybridized carbons (Fsp3) is 1.00. The van der Waals surface area contributed by atoms with Gasteiger partial charge in [-0.2, -0.15) is 0 Å². The Bertz CT molecular complexity index is 120. The van der Waals surface area contributed by atoms with E-state index in [-0.39, 0.29) is 6.10 Å². The maximum atomic E-state index is 9.25. The number of piperidine rings is 1. The lowest BCUT2D eigenvalue weighted by atomic mass is 10.1. The molecule has 0 aliphatic carbocycles. The quantitative estimate of drug-likeness (QED) is 0.638. The van der Waals surface area contributed by atoms with Gasteiger partial charge in [0.25, 0.3) is 0 Å². The molecule has 72 valence electrons. The largest absolute Gasteiger partial charge is 0.393 e. The van der Waals surface area contributed by atoms with Gasteiger partial charge in [-0.15, -0.1) is 0 Å². The number of hydrogen-bond acceptors (Lipinski definition) is 3. The minimum atomic E-state index is -0.0588. The second kappa shape index (κ2) is 4.80. The van der Waals surface area contributed by atoms with Crippen LogP contribution in [0.2, 0.25) is 0 Å². The summed E-state index contributed by atoms with van der Waals surface area (Å²) in [5, 5.41) is 9.25. The molecule has 1 atom stereocenters. The molecule has 0 aromatic rings. The van der Waals surface area contributed by atoms with Crippen LogP contribution in [0.5, 0.6) is 0 Å². The van der Waals surface area contributed by atoms with Crippen LogP contribution in [0.4, 0.5) is 0 Å². The van der Waals surface area contributed by atoms with Gasteiger partial charge in [0.15, 0.2) is 0 Å². The normalized spacial score (nSPS) is 24.2. The van der Waals surface area contributed by atoms with Crippen molar-refractivity contribution in [2.24, 2.45) is 5.73 Å². The van der Waals surface area contributed by atoms with Gasteiger partial charge in [-0.1, -0.05) is 0 Å². The van der Waals surface area contributed by atoms with Crippen molar-refractivity contribution in [3.8, 4) is 0 Å². The molecular weight excluding hydrogens is 152 g/mol. The van der Waals surface area contributed by atoms with Crippen LogP contribution in [-0.4, -0.2) is 41.8 Å². The van der Waals surface area contributed by atoms with Gasteiger partial charge in [-0.05, 0) is 32.7 Å². The van der Waals surface area contributed by atoms with Crippen molar-refractivity contribution < 1.29 is 5.11 Å². The monoisotopic (exact) mass is 172 g/mol. The van der Waals surface area contributed by atoms with E-state index >= 15 is 0 Å². The molecule has 0 radical (unpaired) electrons. The lowest BCUT2D eigenvalue weighted by Crippen LogP contribution is -2.37. The number of aliphatic hydroxyl groups excluding tert-OH is 1. The van der Waals surface area contributed by atoms with E-state index < -0.39 is 0 Å². The molecule has 1 unspecified atom stereocenters. The SMILES string of the molecule is CC(N)CCN1CCC(O)CC1. The molecule has 0 amide bonds. The summed E-state index contributed by atoms with van der Waals surface area (Å²) in [5.41, 5.74) is 5.66. The molecule has 3 N–H and O–H groups in total. The standard InChI is InChI=1S/C9H20N2O/c1-8(10)2-5-11-6-3-9(12)4-7-11/h8-9,12H,2-7,10H2,1H3. The van der Waals surface area contributed by atoms with Crippen LogP contribution in [0.15, 0.2) is 0 Å². The Kier molecular flexibility index (Phi) is 3.98. The predicted octanol–water partition coefficient (Wildman–Crippen LogP) is 0.180. The summed E-state index contributed by atoms with van der Waals surface area (Å²) in [6, 6.07) is 0.303. The first-order valence-corrected chi connectivity index (χ1v) is 4.84. The molecule has 3 nitrogen and oxygen atoms in total. The molecular formula is C9H20N2O. The van der Waals surface area contributed by atoms with Gasteiger partial charge in [-0.3, -0.25) is 0 Å². The van der Waals surface area contributed by atoms with Crippen LogP contribution in [0.3, 0.4) is 0 Å². The van der Waals surface area contributed by atoms with Gasteiger partial charge in [0, 0.05) is 19.1 Å². The van der Waals surface area contributed by atoms with E-state index in [1.54, 1.807) is 0 Å². The van der Waals surface area contributed by atoms with Crippen molar-refractivity contribution in [3.63, 3.8) is 0 Å². The fourth-order valence-corrected chi connectivity index (χ4v) is 1.53. The van der Waals surface area contributed by atoms with Gasteiger partial charge in [-0.25, -0.2) is 0 Å². The fourth-order valence-electron chi connectivity index (χ4n) is 1.53. The Morgan fingerprint density at radius 1 is 1.50 bits per heavy atom. The van der Waals surface area contributed by atoms with Crippen LogP contribution in [0, 0.1) is 0 Å². The second-order valence-electron chi connectivity index (χ2n) is 3.84. The summed E-state index contributed by atoms with van der Waals surface area (Å²) in [7, 11) is 0. The number of hydrogen-bond donors (Lipinski definition) is 2. The maximum absolute atomic E-state index is 9.25. The van der Waals surface area contributed by atoms with E-state index in [0.29, 0.717) is 6.04 Å². The summed E-state index contributed by atoms with van der Waals surface area (Å²) < 4.78 is 0. The van der Waals surface area contributed by atoms with E-state index in [1.807, 2.05) is 6.92 Å². The minimum Gasteiger partial charge on any atom is -0.393 e. The molecule has 0 aromatic heterocycles. The van der Waals surface area contributed by atoms with Crippen molar-refractivity contribution in [2.45, 2.75) is 38.3 Å². The minimum absolute atomic E-state index is 0.0588. The highest BCUT2D eigenvalue weighted by atomic mass is 16.3. The van der Waals surface area contributed by atoms with Gasteiger partial charge < -0.3 is 15.7 Å². The molecule has 0 aromatic carbocycles. The molecule has 12 heavy (non-hydrogen) atoms. The molecule has 1 fully saturated rings. The highest BCUT2D eigenvalue weighted by molar-refractivity contribution is 4.71. The van der Waals surface area contributed by atoms with E-state index in [1.165, 1.54) is 0 Å². The van der Waals surface area contributed by atoms with Crippen LogP contribution in [-0.2, 0) is 0 Å². The first-order chi connectivity index (χ1) is 5.68. The predicted molar refractivity (Wildman–Crippen MR) is 49.9 cm³/mol. The van der Waals surface area contributed by atoms with Gasteiger partial charge in [0.05, 0.1) is 6.10 Å². The third-order valence-electron chi connectivity index (χ3n) is 2.46. The van der Waals surface area contributed by atoms with E-state index in [9.17, 15) is 5.11 Å². The van der Waals surface area contributed by atoms with E-state index in [2.05, 4.69) is 4.90 Å². The van der Waals surface area contributed by atoms with Crippen LogP contribution in [0.1, 0.15) is 26.2 Å². The molecule has 3 heteroatoms. The second-order valence-corrected chi connectivity index (χ2v) is 3.84. The summed E-state index contributed by atoms with van der Waals surface area (Å²) in [6.07, 6.45) is 2.87. The number of aliphatic hydroxyl groups is 1. The van der Waals surface area contributed by atoms with E-state index in [4.69, 9.17) is 5.73 Å². The first-order valence-electron chi connectivity index (χ1n) is 4.84. The molecule has 0 saturated carbocycles. The molecule has 0 spiro atoms. The summed E-state index contributed by atoms with van der Waals surface area (Å²) in [5.74, 6) is 0. The lowest BCUT2D eigenvalue weighted by Gasteiger charge is -2.29. The van der Waals surface area contributed by atoms with Crippen LogP contribution in [0.25, 0.3) is 0 Å². The van der Waals surface area contributed by atoms with Gasteiger partial charge in [0.2, 0.25) is 0 Å². The summed E-state index contributed by atoms with van der Waals surface area (Å²) in [6.45, 7) is 5.20. The van der Waals surface area contributed by atoms with Crippen molar-refractivity contribution in [1.29, 1.82) is 0 Å². The van der Waals surface area contributed by atoms with Crippen molar-refractivity contribution in [3.05, 3.63) is 0 Å². The topological polar surface area (TPSA) is 49.5 Å². The Morgan fingerprint density at radius 3 is 2.58 bits per heavy atom. The van der Waals surface area contributed by atoms with Crippen LogP contribution >= 0.6 is 0 Å². The molecule has 1 heterocycles. The molecule has 0 bridgehead atoms. The van der Waals surface area contributed by atoms with Gasteiger partial charge in [0.1, 0.15) is 0 Å². The van der Waals surface area contributed by atoms with Crippen molar-refractivity contribution >= 4 is 0 Å². The lowest BCUT2D eigenvalue weighted by molar-refractivity contribution is 0.0814. The third-order valence-corrected chi connectivity index (χ3v) is 2.46. The molecule has 1 rings (SSSR count). The number of nitrogens with two attached hydrogens (primary N) is 1. The molecule has 1 aliphatic heterocycles. The zero-order valence-corrected chi connectivity index (χ0v) is 7.87. The summed E-state index contributed by atoms with van der Waals surface area (Å²) >= 11 is 0. The van der Waals surface area contributed by atoms with E-state index in [0.717, 1.165) is 38.9 Å². The van der Waals surface area contributed by atoms with Crippen molar-refractivity contribution in [1.82, 2.24) is 4.90 Å². The third kappa shape index (κ3) is 3.52. The smallest absolute Gasteiger partial charge is 0.0564 e. The number of likely N-dealkylation sites (tertiary alicyclic amines) is 1. The number of rotatable bonds is 3. The average Bonchev–Trinajstić information content (AvgIpc) is 2.03. The molecule has 1 saturated heterocycles. The molecule has 1 aliphatic rings. The summed E-state index contributed by atoms with van der Waals surface area (Å²) in [4.78, 5) is 2.39. The first kappa shape index (κ1) is 9.96. The average molecular weight is 172 g/mol. The zero-order chi connectivity index (χ0) is 8.97. The number of nitrogens with zero attached hydrogens (tertiary/aromatic N) is 1. The van der Waals surface area contributed by atoms with Crippen molar-refractivity contribution in [2.75, 3.05) is 19.6 Å². The van der Waals surface area contributed by atoms with Crippen LogP contribution < -0.4 is 5.73 Å². The van der Waals surface area contributed by atoms with Gasteiger partial charge >= 0.3 is 0 Å². The highest BCUT2D eigenvalue weighted by Gasteiger charge is 2.16. The zero-order valence-electron chi connectivity index (χ0n) is 7.87. The Morgan fingerprint density at radius 2 is 2.08 bits per heavy atom. The Balaban J connectivity index is 2.09. The Hall–Kier alpha value is -0.120.